The molecule has 0 spiro atoms. The number of amides is 2. The molecule has 1 heterocycles. The van der Waals surface area contributed by atoms with Crippen LogP contribution >= 0.6 is 0 Å². The van der Waals surface area contributed by atoms with E-state index in [2.05, 4.69) is 10.1 Å². The van der Waals surface area contributed by atoms with Crippen LogP contribution in [0.4, 0.5) is 74.6 Å². The molecule has 0 aliphatic carbocycles. The van der Waals surface area contributed by atoms with Crippen LogP contribution in [0, 0.1) is 5.92 Å². The highest BCUT2D eigenvalue weighted by atomic mass is 19.4. The fourth-order valence-electron chi connectivity index (χ4n) is 6.09. The monoisotopic (exact) mass is 1040 g/mol. The fraction of sp³-hybridized carbons (Fsp3) is 0.857. The van der Waals surface area contributed by atoms with E-state index in [0.29, 0.717) is 0 Å². The van der Waals surface area contributed by atoms with Crippen molar-refractivity contribution in [3.8, 4) is 0 Å². The third-order valence-electron chi connectivity index (χ3n) is 10.2. The number of nitrogens with one attached hydrogen (secondary N) is 1. The maximum absolute atomic E-state index is 14.3. The van der Waals surface area contributed by atoms with Gasteiger partial charge in [0.05, 0.1) is 39.5 Å². The van der Waals surface area contributed by atoms with E-state index in [9.17, 15) is 114 Å². The number of carboxylic acid groups (broad SMARTS) is 3. The fourth-order valence-corrected chi connectivity index (χ4v) is 6.09. The lowest BCUT2D eigenvalue weighted by Gasteiger charge is -2.42. The van der Waals surface area contributed by atoms with Gasteiger partial charge in [0.25, 0.3) is 0 Å². The SMILES string of the molecule is COCCN(CCOCCC(F)(F)C(F)(F)C(F)(F)C(F)(F)C(F)(F)C(F)(F)C(F)(F)C(F)(F)F)C(=O)C(C)C(=O)NCCN1CCN(CC(=O)O)CCN(CC(=O)O)CCN(CC(=O)O)CC1. The number of hydrogen-bond donors (Lipinski definition) is 4. The first-order chi connectivity index (χ1) is 30.9. The largest absolute Gasteiger partial charge is 0.480 e. The van der Waals surface area contributed by atoms with Crippen LogP contribution in [0.5, 0.6) is 0 Å². The molecule has 1 atom stereocenters. The van der Waals surface area contributed by atoms with Crippen molar-refractivity contribution in [2.45, 2.75) is 61.0 Å². The van der Waals surface area contributed by atoms with E-state index in [1.165, 1.54) is 14.7 Å². The Labute approximate surface area is 375 Å². The van der Waals surface area contributed by atoms with Crippen LogP contribution in [0.3, 0.4) is 0 Å². The van der Waals surface area contributed by atoms with Gasteiger partial charge in [0.15, 0.2) is 0 Å². The normalized spacial score (nSPS) is 17.5. The predicted octanol–water partition coefficient (Wildman–Crippen LogP) is 3.11. The summed E-state index contributed by atoms with van der Waals surface area (Å²) in [4.78, 5) is 67.7. The molecule has 0 bridgehead atoms. The second kappa shape index (κ2) is 24.7. The van der Waals surface area contributed by atoms with Gasteiger partial charge in [-0.25, -0.2) is 0 Å². The van der Waals surface area contributed by atoms with Crippen LogP contribution in [0.2, 0.25) is 0 Å². The molecule has 2 amide bonds. The standard InChI is InChI=1S/C35H49F17N6O10/c1-22(26(65)53-4-5-54-6-8-55(19-23(59)60)10-12-57(21-25(63)64)13-11-56(9-7-54)20-24(61)62)27(66)58(14-17-67-2)15-18-68-16-3-28(36,37)29(38,39)30(40,41)31(42,43)32(44,45)33(46,47)34(48,49)35(50,51)52/h22H,3-21H2,1-2H3,(H,53,65)(H,59,60)(H,61,62)(H,63,64). The topological polar surface area (TPSA) is 193 Å². The lowest BCUT2D eigenvalue weighted by Crippen LogP contribution is -2.74. The molecule has 0 aromatic heterocycles. The summed E-state index contributed by atoms with van der Waals surface area (Å²) < 4.78 is 240. The number of methoxy groups -OCH3 is 1. The molecule has 1 aliphatic heterocycles. The van der Waals surface area contributed by atoms with Gasteiger partial charge in [-0.1, -0.05) is 0 Å². The van der Waals surface area contributed by atoms with Crippen molar-refractivity contribution in [1.82, 2.24) is 29.8 Å². The maximum atomic E-state index is 14.3. The Kier molecular flexibility index (Phi) is 22.5. The molecule has 33 heteroatoms. The molecule has 1 fully saturated rings. The summed E-state index contributed by atoms with van der Waals surface area (Å²) in [6, 6.07) is 0. The van der Waals surface area contributed by atoms with E-state index in [1.54, 1.807) is 4.90 Å². The smallest absolute Gasteiger partial charge is 0.460 e. The van der Waals surface area contributed by atoms with E-state index in [0.717, 1.165) is 18.9 Å². The molecular weight excluding hydrogens is 987 g/mol. The molecule has 4 N–H and O–H groups in total. The average molecular weight is 1040 g/mol. The van der Waals surface area contributed by atoms with Gasteiger partial charge in [0.2, 0.25) is 11.8 Å². The van der Waals surface area contributed by atoms with Crippen LogP contribution in [0.25, 0.3) is 0 Å². The first-order valence-corrected chi connectivity index (χ1v) is 19.8. The molecule has 0 aromatic carbocycles. The number of carbonyl (C=O) groups is 5. The van der Waals surface area contributed by atoms with Crippen LogP contribution in [-0.4, -0.2) is 242 Å². The van der Waals surface area contributed by atoms with Gasteiger partial charge < -0.3 is 35.0 Å². The molecule has 398 valence electrons. The van der Waals surface area contributed by atoms with Crippen LogP contribution in [0.15, 0.2) is 0 Å². The van der Waals surface area contributed by atoms with E-state index in [-0.39, 0.29) is 72.1 Å². The number of rotatable bonds is 26. The Hall–Kier alpha value is -4.08. The molecule has 16 nitrogen and oxygen atoms in total. The zero-order valence-corrected chi connectivity index (χ0v) is 35.9. The van der Waals surface area contributed by atoms with Crippen LogP contribution in [0.1, 0.15) is 13.3 Å². The zero-order valence-electron chi connectivity index (χ0n) is 35.9. The summed E-state index contributed by atoms with van der Waals surface area (Å²) in [5.41, 5.74) is 0. The van der Waals surface area contributed by atoms with Gasteiger partial charge in [-0.2, -0.15) is 74.6 Å². The molecule has 0 radical (unpaired) electrons. The van der Waals surface area contributed by atoms with Crippen molar-refractivity contribution in [2.24, 2.45) is 5.92 Å². The number of carboxylic acids is 3. The Balaban J connectivity index is 3.03. The van der Waals surface area contributed by atoms with Gasteiger partial charge >= 0.3 is 65.5 Å². The van der Waals surface area contributed by atoms with Crippen LogP contribution < -0.4 is 5.32 Å². The minimum atomic E-state index is -8.76. The average Bonchev–Trinajstić information content (AvgIpc) is 3.20. The van der Waals surface area contributed by atoms with Gasteiger partial charge in [0, 0.05) is 92.1 Å². The number of hydrogen-bond acceptors (Lipinski definition) is 11. The Morgan fingerprint density at radius 2 is 0.897 bits per heavy atom. The minimum absolute atomic E-state index is 0.0387. The number of halogens is 17. The van der Waals surface area contributed by atoms with Gasteiger partial charge in [-0.3, -0.25) is 43.6 Å². The first-order valence-electron chi connectivity index (χ1n) is 19.8. The second-order valence-electron chi connectivity index (χ2n) is 15.2. The highest BCUT2D eigenvalue weighted by Gasteiger charge is 2.95. The number of aliphatic carboxylic acids is 3. The third kappa shape index (κ3) is 15.5. The lowest BCUT2D eigenvalue weighted by atomic mass is 9.88. The molecule has 1 saturated heterocycles. The number of carbonyl (C=O) groups excluding carboxylic acids is 2. The molecule has 0 saturated carbocycles. The van der Waals surface area contributed by atoms with E-state index in [1.807, 2.05) is 0 Å². The van der Waals surface area contributed by atoms with Crippen LogP contribution in [-0.2, 0) is 33.4 Å². The van der Waals surface area contributed by atoms with Gasteiger partial charge in [-0.05, 0) is 6.92 Å². The Bertz CT molecular complexity index is 1650. The maximum Gasteiger partial charge on any atom is 0.460 e. The summed E-state index contributed by atoms with van der Waals surface area (Å²) in [5.74, 6) is -64.4. The molecule has 1 rings (SSSR count). The highest BCUT2D eigenvalue weighted by molar-refractivity contribution is 5.99. The van der Waals surface area contributed by atoms with Gasteiger partial charge in [-0.15, -0.1) is 0 Å². The Morgan fingerprint density at radius 1 is 0.544 bits per heavy atom. The summed E-state index contributed by atoms with van der Waals surface area (Å²) in [5, 5.41) is 30.5. The van der Waals surface area contributed by atoms with E-state index in [4.69, 9.17) is 4.74 Å². The lowest BCUT2D eigenvalue weighted by molar-refractivity contribution is -0.462. The molecule has 0 aromatic rings. The molecule has 68 heavy (non-hydrogen) atoms. The Morgan fingerprint density at radius 3 is 1.26 bits per heavy atom. The third-order valence-corrected chi connectivity index (χ3v) is 10.2. The quantitative estimate of drug-likeness (QED) is 0.0562. The van der Waals surface area contributed by atoms with E-state index >= 15 is 0 Å². The van der Waals surface area contributed by atoms with Crippen molar-refractivity contribution < 1.29 is 123 Å². The summed E-state index contributed by atoms with van der Waals surface area (Å²) in [7, 11) is 1.13. The summed E-state index contributed by atoms with van der Waals surface area (Å²) in [6.07, 6.45) is -10.7. The molecular formula is C35H49F17N6O10. The minimum Gasteiger partial charge on any atom is -0.480 e. The second-order valence-corrected chi connectivity index (χ2v) is 15.2. The van der Waals surface area contributed by atoms with Crippen molar-refractivity contribution in [3.63, 3.8) is 0 Å². The number of alkyl halides is 17. The number of ether oxygens (including phenoxy) is 2. The zero-order chi connectivity index (χ0) is 52.9. The predicted molar refractivity (Wildman–Crippen MR) is 195 cm³/mol. The highest BCUT2D eigenvalue weighted by Crippen LogP contribution is 2.64. The van der Waals surface area contributed by atoms with Crippen molar-refractivity contribution in [2.75, 3.05) is 125 Å². The van der Waals surface area contributed by atoms with Crippen molar-refractivity contribution in [1.29, 1.82) is 0 Å². The molecule has 1 aliphatic rings. The number of nitrogens with zero attached hydrogens (tertiary/aromatic N) is 5. The van der Waals surface area contributed by atoms with E-state index < -0.39 is 136 Å². The summed E-state index contributed by atoms with van der Waals surface area (Å²) >= 11 is 0. The first kappa shape index (κ1) is 61.9. The van der Waals surface area contributed by atoms with Crippen molar-refractivity contribution >= 4 is 29.7 Å². The molecule has 1 unspecified atom stereocenters. The summed E-state index contributed by atoms with van der Waals surface area (Å²) in [6.45, 7) is -3.66. The van der Waals surface area contributed by atoms with Gasteiger partial charge in [0.1, 0.15) is 5.92 Å². The van der Waals surface area contributed by atoms with Crippen molar-refractivity contribution in [3.05, 3.63) is 0 Å².